The van der Waals surface area contributed by atoms with Gasteiger partial charge in [-0.3, -0.25) is 0 Å². The summed E-state index contributed by atoms with van der Waals surface area (Å²) in [4.78, 5) is 3.42. The van der Waals surface area contributed by atoms with Crippen molar-refractivity contribution in [3.05, 3.63) is 36.2 Å². The molecule has 0 aromatic carbocycles. The maximum atomic E-state index is 12.9. The van der Waals surface area contributed by atoms with Gasteiger partial charge in [0.1, 0.15) is 0 Å². The van der Waals surface area contributed by atoms with Gasteiger partial charge in [-0.25, -0.2) is 9.67 Å². The smallest absolute Gasteiger partial charge is 0.423 e. The Labute approximate surface area is 91.3 Å². The molecule has 0 radical (unpaired) electrons. The summed E-state index contributed by atoms with van der Waals surface area (Å²) in [6, 6.07) is 2.78. The number of pyridine rings is 1. The van der Waals surface area contributed by atoms with Crippen LogP contribution in [-0.4, -0.2) is 31.9 Å². The van der Waals surface area contributed by atoms with Gasteiger partial charge in [0.25, 0.3) is 0 Å². The van der Waals surface area contributed by atoms with Gasteiger partial charge in [0.15, 0.2) is 0 Å². The number of halogens is 1. The van der Waals surface area contributed by atoms with Crippen LogP contribution in [0.2, 0.25) is 0 Å². The van der Waals surface area contributed by atoms with Gasteiger partial charge in [0.05, 0.1) is 11.4 Å². The molecule has 0 aliphatic heterocycles. The van der Waals surface area contributed by atoms with E-state index >= 15 is 0 Å². The van der Waals surface area contributed by atoms with Crippen LogP contribution < -0.4 is 5.46 Å². The number of hydrogen-bond acceptors (Lipinski definition) is 4. The van der Waals surface area contributed by atoms with E-state index in [4.69, 9.17) is 10.0 Å². The molecule has 0 saturated carbocycles. The second kappa shape index (κ2) is 4.03. The highest BCUT2D eigenvalue weighted by molar-refractivity contribution is 6.59. The molecule has 7 heteroatoms. The fourth-order valence-electron chi connectivity index (χ4n) is 1.39. The Morgan fingerprint density at radius 1 is 1.44 bits per heavy atom. The second-order valence-electron chi connectivity index (χ2n) is 3.32. The molecule has 0 amide bonds. The molecule has 2 rings (SSSR count). The van der Waals surface area contributed by atoms with Crippen LogP contribution in [0.4, 0.5) is 4.39 Å². The Balaban J connectivity index is 2.45. The lowest BCUT2D eigenvalue weighted by atomic mass is 9.81. The number of aryl methyl sites for hydroxylation is 1. The minimum absolute atomic E-state index is 0.289. The van der Waals surface area contributed by atoms with Crippen molar-refractivity contribution < 1.29 is 14.4 Å². The van der Waals surface area contributed by atoms with Crippen molar-refractivity contribution in [1.82, 2.24) is 14.8 Å². The van der Waals surface area contributed by atoms with Crippen molar-refractivity contribution in [2.45, 2.75) is 6.92 Å². The standard InChI is InChI=1S/C9H9BFN3O2/c1-6-8(10(15)16)5-14(13-6)7-2-3-12-9(11)4-7/h2-5,15-16H,1H3. The molecular formula is C9H9BFN3O2. The van der Waals surface area contributed by atoms with Crippen molar-refractivity contribution in [3.8, 4) is 5.69 Å². The second-order valence-corrected chi connectivity index (χ2v) is 3.32. The summed E-state index contributed by atoms with van der Waals surface area (Å²) in [6.45, 7) is 1.64. The molecule has 0 aliphatic carbocycles. The fraction of sp³-hybridized carbons (Fsp3) is 0.111. The maximum Gasteiger partial charge on any atom is 0.491 e. The molecule has 0 bridgehead atoms. The topological polar surface area (TPSA) is 71.2 Å². The van der Waals surface area contributed by atoms with Crippen LogP contribution in [0.1, 0.15) is 5.69 Å². The maximum absolute atomic E-state index is 12.9. The normalized spacial score (nSPS) is 10.5. The summed E-state index contributed by atoms with van der Waals surface area (Å²) in [5.74, 6) is -0.614. The van der Waals surface area contributed by atoms with E-state index in [2.05, 4.69) is 10.1 Å². The van der Waals surface area contributed by atoms with Gasteiger partial charge in [-0.2, -0.15) is 9.49 Å². The lowest BCUT2D eigenvalue weighted by Crippen LogP contribution is -2.30. The Morgan fingerprint density at radius 3 is 2.75 bits per heavy atom. The SMILES string of the molecule is Cc1nn(-c2ccnc(F)c2)cc1B(O)O. The summed E-state index contributed by atoms with van der Waals surface area (Å²) in [7, 11) is -1.58. The average Bonchev–Trinajstić information content (AvgIpc) is 2.60. The van der Waals surface area contributed by atoms with Crippen molar-refractivity contribution >= 4 is 12.6 Å². The lowest BCUT2D eigenvalue weighted by Gasteiger charge is -1.99. The van der Waals surface area contributed by atoms with Gasteiger partial charge in [-0.05, 0) is 13.0 Å². The summed E-state index contributed by atoms with van der Waals surface area (Å²) in [6.07, 6.45) is 2.76. The number of aromatic nitrogens is 3. The molecule has 0 unspecified atom stereocenters. The Morgan fingerprint density at radius 2 is 2.19 bits per heavy atom. The molecule has 0 fully saturated rings. The van der Waals surface area contributed by atoms with E-state index in [1.165, 1.54) is 23.1 Å². The zero-order chi connectivity index (χ0) is 11.7. The van der Waals surface area contributed by atoms with E-state index < -0.39 is 13.1 Å². The molecule has 0 spiro atoms. The van der Waals surface area contributed by atoms with Gasteiger partial charge < -0.3 is 10.0 Å². The van der Waals surface area contributed by atoms with Gasteiger partial charge in [0.2, 0.25) is 5.95 Å². The average molecular weight is 221 g/mol. The molecule has 82 valence electrons. The van der Waals surface area contributed by atoms with Crippen LogP contribution >= 0.6 is 0 Å². The Bertz CT molecular complexity index is 515. The van der Waals surface area contributed by atoms with Crippen LogP contribution in [0, 0.1) is 12.9 Å². The third kappa shape index (κ3) is 1.95. The molecule has 0 saturated heterocycles. The van der Waals surface area contributed by atoms with E-state index in [9.17, 15) is 4.39 Å². The molecule has 2 heterocycles. The molecule has 2 N–H and O–H groups in total. The summed E-state index contributed by atoms with van der Waals surface area (Å²) in [5, 5.41) is 22.1. The highest BCUT2D eigenvalue weighted by atomic mass is 19.1. The van der Waals surface area contributed by atoms with Crippen molar-refractivity contribution in [1.29, 1.82) is 0 Å². The highest BCUT2D eigenvalue weighted by Gasteiger charge is 2.18. The predicted molar refractivity (Wildman–Crippen MR) is 55.9 cm³/mol. The van der Waals surface area contributed by atoms with Crippen LogP contribution in [-0.2, 0) is 0 Å². The van der Waals surface area contributed by atoms with E-state index in [1.54, 1.807) is 13.0 Å². The molecular weight excluding hydrogens is 212 g/mol. The third-order valence-corrected chi connectivity index (χ3v) is 2.19. The van der Waals surface area contributed by atoms with E-state index in [-0.39, 0.29) is 5.46 Å². The molecule has 2 aromatic heterocycles. The molecule has 0 aliphatic rings. The first-order valence-corrected chi connectivity index (χ1v) is 4.62. The van der Waals surface area contributed by atoms with Crippen LogP contribution in [0.15, 0.2) is 24.5 Å². The minimum atomic E-state index is -1.58. The minimum Gasteiger partial charge on any atom is -0.423 e. The van der Waals surface area contributed by atoms with Crippen molar-refractivity contribution in [3.63, 3.8) is 0 Å². The third-order valence-electron chi connectivity index (χ3n) is 2.19. The largest absolute Gasteiger partial charge is 0.491 e. The summed E-state index contributed by atoms with van der Waals surface area (Å²) < 4.78 is 14.2. The number of hydrogen-bond donors (Lipinski definition) is 2. The first-order chi connectivity index (χ1) is 7.58. The van der Waals surface area contributed by atoms with Gasteiger partial charge in [0, 0.05) is 23.9 Å². The lowest BCUT2D eigenvalue weighted by molar-refractivity contribution is 0.425. The van der Waals surface area contributed by atoms with Gasteiger partial charge >= 0.3 is 7.12 Å². The number of nitrogens with zero attached hydrogens (tertiary/aromatic N) is 3. The monoisotopic (exact) mass is 221 g/mol. The van der Waals surface area contributed by atoms with Crippen LogP contribution in [0.5, 0.6) is 0 Å². The zero-order valence-electron chi connectivity index (χ0n) is 8.50. The van der Waals surface area contributed by atoms with E-state index in [1.807, 2.05) is 0 Å². The zero-order valence-corrected chi connectivity index (χ0v) is 8.50. The predicted octanol–water partition coefficient (Wildman–Crippen LogP) is -0.605. The molecule has 5 nitrogen and oxygen atoms in total. The van der Waals surface area contributed by atoms with E-state index in [0.717, 1.165) is 0 Å². The van der Waals surface area contributed by atoms with Crippen LogP contribution in [0.25, 0.3) is 5.69 Å². The summed E-state index contributed by atoms with van der Waals surface area (Å²) in [5.41, 5.74) is 1.24. The van der Waals surface area contributed by atoms with Crippen molar-refractivity contribution in [2.24, 2.45) is 0 Å². The highest BCUT2D eigenvalue weighted by Crippen LogP contribution is 2.06. The Hall–Kier alpha value is -1.73. The van der Waals surface area contributed by atoms with Gasteiger partial charge in [-0.15, -0.1) is 0 Å². The first kappa shape index (κ1) is 10.8. The molecule has 2 aromatic rings. The summed E-state index contributed by atoms with van der Waals surface area (Å²) >= 11 is 0. The molecule has 0 atom stereocenters. The fourth-order valence-corrected chi connectivity index (χ4v) is 1.39. The van der Waals surface area contributed by atoms with E-state index in [0.29, 0.717) is 11.4 Å². The van der Waals surface area contributed by atoms with Crippen molar-refractivity contribution in [2.75, 3.05) is 0 Å². The quantitative estimate of drug-likeness (QED) is 0.524. The molecule has 16 heavy (non-hydrogen) atoms. The van der Waals surface area contributed by atoms with Gasteiger partial charge in [-0.1, -0.05) is 0 Å². The first-order valence-electron chi connectivity index (χ1n) is 4.62. The number of rotatable bonds is 2. The van der Waals surface area contributed by atoms with Crippen LogP contribution in [0.3, 0.4) is 0 Å². The Kier molecular flexibility index (Phi) is 2.72.